The third-order valence-electron chi connectivity index (χ3n) is 3.71. The van der Waals surface area contributed by atoms with Crippen LogP contribution in [0.25, 0.3) is 0 Å². The molecule has 2 atom stereocenters. The zero-order valence-electron chi connectivity index (χ0n) is 10.0. The van der Waals surface area contributed by atoms with Crippen LogP contribution in [0.2, 0.25) is 4.34 Å². The summed E-state index contributed by atoms with van der Waals surface area (Å²) in [6.45, 7) is 4.55. The van der Waals surface area contributed by atoms with E-state index in [2.05, 4.69) is 30.6 Å². The maximum absolute atomic E-state index is 5.96. The molecule has 1 aromatic rings. The van der Waals surface area contributed by atoms with Crippen LogP contribution in [0.15, 0.2) is 11.4 Å². The van der Waals surface area contributed by atoms with Crippen LogP contribution in [-0.4, -0.2) is 6.04 Å². The Labute approximate surface area is 107 Å². The summed E-state index contributed by atoms with van der Waals surface area (Å²) in [6, 6.07) is 3.11. The maximum atomic E-state index is 5.96. The normalized spacial score (nSPS) is 21.2. The Morgan fingerprint density at radius 2 is 2.06 bits per heavy atom. The molecule has 0 radical (unpaired) electrons. The number of nitrogens with one attached hydrogen (secondary N) is 1. The van der Waals surface area contributed by atoms with E-state index < -0.39 is 0 Å². The van der Waals surface area contributed by atoms with Gasteiger partial charge in [0.2, 0.25) is 0 Å². The fourth-order valence-corrected chi connectivity index (χ4v) is 3.62. The third kappa shape index (κ3) is 2.99. The lowest BCUT2D eigenvalue weighted by atomic mass is 9.98. The lowest BCUT2D eigenvalue weighted by Gasteiger charge is -2.24. The average molecular weight is 258 g/mol. The van der Waals surface area contributed by atoms with Crippen molar-refractivity contribution in [3.8, 4) is 0 Å². The highest BCUT2D eigenvalue weighted by Crippen LogP contribution is 2.30. The van der Waals surface area contributed by atoms with Crippen LogP contribution in [0.1, 0.15) is 51.1 Å². The summed E-state index contributed by atoms with van der Waals surface area (Å²) >= 11 is 7.58. The largest absolute Gasteiger partial charge is 0.307 e. The van der Waals surface area contributed by atoms with Crippen molar-refractivity contribution in [1.29, 1.82) is 0 Å². The number of hydrogen-bond donors (Lipinski definition) is 1. The Bertz CT molecular complexity index is 330. The van der Waals surface area contributed by atoms with Crippen molar-refractivity contribution in [2.24, 2.45) is 5.92 Å². The van der Waals surface area contributed by atoms with E-state index in [4.69, 9.17) is 11.6 Å². The van der Waals surface area contributed by atoms with E-state index in [1.165, 1.54) is 31.2 Å². The topological polar surface area (TPSA) is 12.0 Å². The number of halogens is 1. The lowest BCUT2D eigenvalue weighted by Crippen LogP contribution is -2.34. The third-order valence-corrected chi connectivity index (χ3v) is 4.82. The summed E-state index contributed by atoms with van der Waals surface area (Å²) in [7, 11) is 0. The van der Waals surface area contributed by atoms with Gasteiger partial charge in [-0.3, -0.25) is 0 Å². The summed E-state index contributed by atoms with van der Waals surface area (Å²) in [5, 5.41) is 5.85. The summed E-state index contributed by atoms with van der Waals surface area (Å²) in [5.74, 6) is 0.872. The molecule has 90 valence electrons. The first kappa shape index (κ1) is 12.4. The van der Waals surface area contributed by atoms with Crippen molar-refractivity contribution < 1.29 is 0 Å². The predicted molar refractivity (Wildman–Crippen MR) is 72.3 cm³/mol. The van der Waals surface area contributed by atoms with Gasteiger partial charge >= 0.3 is 0 Å². The van der Waals surface area contributed by atoms with Crippen LogP contribution in [0.4, 0.5) is 0 Å². The summed E-state index contributed by atoms with van der Waals surface area (Å²) in [4.78, 5) is 0. The second-order valence-electron chi connectivity index (χ2n) is 4.91. The molecule has 16 heavy (non-hydrogen) atoms. The molecule has 1 aliphatic carbocycles. The van der Waals surface area contributed by atoms with Gasteiger partial charge in [-0.1, -0.05) is 24.4 Å². The maximum Gasteiger partial charge on any atom is 0.0931 e. The van der Waals surface area contributed by atoms with Gasteiger partial charge in [-0.2, -0.15) is 0 Å². The molecular formula is C13H20ClNS. The highest BCUT2D eigenvalue weighted by atomic mass is 35.5. The zero-order chi connectivity index (χ0) is 11.5. The highest BCUT2D eigenvalue weighted by Gasteiger charge is 2.22. The van der Waals surface area contributed by atoms with Crippen molar-refractivity contribution in [2.75, 3.05) is 0 Å². The second kappa shape index (κ2) is 5.52. The summed E-state index contributed by atoms with van der Waals surface area (Å²) in [6.07, 6.45) is 5.61. The van der Waals surface area contributed by atoms with Gasteiger partial charge in [-0.05, 0) is 49.6 Å². The minimum absolute atomic E-state index is 0.416. The molecule has 3 heteroatoms. The van der Waals surface area contributed by atoms with Gasteiger partial charge < -0.3 is 5.32 Å². The molecule has 1 N–H and O–H groups in total. The van der Waals surface area contributed by atoms with Crippen LogP contribution < -0.4 is 5.32 Å². The minimum atomic E-state index is 0.416. The zero-order valence-corrected chi connectivity index (χ0v) is 11.6. The SMILES string of the molecule is CC(NC(C)C1CCCC1)c1csc(Cl)c1. The first-order valence-electron chi connectivity index (χ1n) is 6.17. The van der Waals surface area contributed by atoms with Crippen LogP contribution in [0.5, 0.6) is 0 Å². The van der Waals surface area contributed by atoms with Gasteiger partial charge in [0.15, 0.2) is 0 Å². The van der Waals surface area contributed by atoms with Crippen LogP contribution >= 0.6 is 22.9 Å². The molecule has 2 unspecified atom stereocenters. The molecule has 0 spiro atoms. The molecular weight excluding hydrogens is 238 g/mol. The van der Waals surface area contributed by atoms with Crippen molar-refractivity contribution in [2.45, 2.75) is 51.6 Å². The monoisotopic (exact) mass is 257 g/mol. The number of rotatable bonds is 4. The van der Waals surface area contributed by atoms with Crippen LogP contribution in [0.3, 0.4) is 0 Å². The summed E-state index contributed by atoms with van der Waals surface area (Å²) in [5.41, 5.74) is 1.32. The molecule has 0 aliphatic heterocycles. The predicted octanol–water partition coefficient (Wildman–Crippen LogP) is 4.63. The van der Waals surface area contributed by atoms with Gasteiger partial charge in [-0.15, -0.1) is 11.3 Å². The van der Waals surface area contributed by atoms with Gasteiger partial charge in [-0.25, -0.2) is 0 Å². The number of hydrogen-bond acceptors (Lipinski definition) is 2. The number of thiophene rings is 1. The minimum Gasteiger partial charge on any atom is -0.307 e. The standard InChI is InChI=1S/C13H20ClNS/c1-9(11-5-3-4-6-11)15-10(2)12-7-13(14)16-8-12/h7-11,15H,3-6H2,1-2H3. The van der Waals surface area contributed by atoms with E-state index >= 15 is 0 Å². The Morgan fingerprint density at radius 3 is 2.62 bits per heavy atom. The van der Waals surface area contributed by atoms with E-state index in [-0.39, 0.29) is 0 Å². The van der Waals surface area contributed by atoms with E-state index in [1.807, 2.05) is 0 Å². The van der Waals surface area contributed by atoms with Crippen LogP contribution in [0, 0.1) is 5.92 Å². The molecule has 0 aromatic carbocycles. The van der Waals surface area contributed by atoms with E-state index in [0.717, 1.165) is 10.3 Å². The molecule has 0 amide bonds. The molecule has 1 fully saturated rings. The van der Waals surface area contributed by atoms with Gasteiger partial charge in [0.25, 0.3) is 0 Å². The highest BCUT2D eigenvalue weighted by molar-refractivity contribution is 7.14. The molecule has 2 rings (SSSR count). The van der Waals surface area contributed by atoms with Crippen molar-refractivity contribution in [3.05, 3.63) is 21.3 Å². The molecule has 1 nitrogen and oxygen atoms in total. The quantitative estimate of drug-likeness (QED) is 0.829. The smallest absolute Gasteiger partial charge is 0.0931 e. The Kier molecular flexibility index (Phi) is 4.28. The van der Waals surface area contributed by atoms with E-state index in [0.29, 0.717) is 12.1 Å². The van der Waals surface area contributed by atoms with Gasteiger partial charge in [0, 0.05) is 12.1 Å². The first-order chi connectivity index (χ1) is 7.66. The van der Waals surface area contributed by atoms with E-state index in [9.17, 15) is 0 Å². The van der Waals surface area contributed by atoms with Gasteiger partial charge in [0.05, 0.1) is 4.34 Å². The lowest BCUT2D eigenvalue weighted by molar-refractivity contribution is 0.353. The molecule has 1 saturated carbocycles. The fourth-order valence-electron chi connectivity index (χ4n) is 2.63. The molecule has 0 saturated heterocycles. The fraction of sp³-hybridized carbons (Fsp3) is 0.692. The molecule has 1 heterocycles. The second-order valence-corrected chi connectivity index (χ2v) is 6.45. The first-order valence-corrected chi connectivity index (χ1v) is 7.42. The van der Waals surface area contributed by atoms with Crippen molar-refractivity contribution >= 4 is 22.9 Å². The summed E-state index contributed by atoms with van der Waals surface area (Å²) < 4.78 is 0.886. The van der Waals surface area contributed by atoms with Crippen molar-refractivity contribution in [3.63, 3.8) is 0 Å². The molecule has 0 bridgehead atoms. The van der Waals surface area contributed by atoms with E-state index in [1.54, 1.807) is 11.3 Å². The van der Waals surface area contributed by atoms with Crippen molar-refractivity contribution in [1.82, 2.24) is 5.32 Å². The average Bonchev–Trinajstić information content (AvgIpc) is 2.87. The Hall–Kier alpha value is -0.0500. The molecule has 1 aromatic heterocycles. The molecule has 1 aliphatic rings. The Morgan fingerprint density at radius 1 is 1.38 bits per heavy atom. The van der Waals surface area contributed by atoms with Gasteiger partial charge in [0.1, 0.15) is 0 Å². The Balaban J connectivity index is 1.88. The van der Waals surface area contributed by atoms with Crippen LogP contribution in [-0.2, 0) is 0 Å².